The molecule has 4 rings (SSSR count). The molecule has 1 heterocycles. The summed E-state index contributed by atoms with van der Waals surface area (Å²) in [5.74, 6) is -7.79. The molecule has 0 radical (unpaired) electrons. The molecule has 3 aromatic carbocycles. The summed E-state index contributed by atoms with van der Waals surface area (Å²) < 4.78 is 66.7. The van der Waals surface area contributed by atoms with Gasteiger partial charge in [0.05, 0.1) is 18.0 Å². The van der Waals surface area contributed by atoms with Gasteiger partial charge in [0.15, 0.2) is 23.3 Å². The molecule has 0 bridgehead atoms. The number of rotatable bonds is 6. The maximum Gasteiger partial charge on any atom is 0.400 e. The molecule has 14 heteroatoms. The van der Waals surface area contributed by atoms with Crippen LogP contribution in [0.4, 0.5) is 27.6 Å². The van der Waals surface area contributed by atoms with Crippen molar-refractivity contribution < 1.29 is 52.1 Å². The fraction of sp³-hybridized carbons (Fsp3) is 0.259. The minimum absolute atomic E-state index is 0.0234. The number of nitrogens with zero attached hydrogens (tertiary/aromatic N) is 1. The Kier molecular flexibility index (Phi) is 11.1. The van der Waals surface area contributed by atoms with Gasteiger partial charge >= 0.3 is 5.97 Å². The summed E-state index contributed by atoms with van der Waals surface area (Å²) in [5.41, 5.74) is 8.19. The first-order valence-corrected chi connectivity index (χ1v) is 12.6. The minimum atomic E-state index is -2.18. The van der Waals surface area contributed by atoms with Crippen molar-refractivity contribution in [1.82, 2.24) is 0 Å². The second kappa shape index (κ2) is 14.3. The average Bonchev–Trinajstić information content (AvgIpc) is 3.01. The zero-order valence-electron chi connectivity index (χ0n) is 21.5. The van der Waals surface area contributed by atoms with Gasteiger partial charge in [-0.2, -0.15) is 5.90 Å². The van der Waals surface area contributed by atoms with Gasteiger partial charge in [-0.15, -0.1) is 12.6 Å². The van der Waals surface area contributed by atoms with Crippen molar-refractivity contribution >= 4 is 30.2 Å². The number of carbonyl (C=O) groups is 2. The van der Waals surface area contributed by atoms with Crippen molar-refractivity contribution in [2.45, 2.75) is 30.2 Å². The molecule has 3 aromatic rings. The molecular formula is C27H27F5N3O5S+. The molecule has 220 valence electrons. The fourth-order valence-electron chi connectivity index (χ4n) is 4.07. The molecule has 0 saturated carbocycles. The topological polar surface area (TPSA) is 130 Å². The predicted molar refractivity (Wildman–Crippen MR) is 139 cm³/mol. The summed E-state index contributed by atoms with van der Waals surface area (Å²) in [4.78, 5) is 28.7. The molecule has 1 fully saturated rings. The first kappa shape index (κ1) is 31.8. The molecule has 0 spiro atoms. The monoisotopic (exact) mass is 600 g/mol. The molecule has 8 nitrogen and oxygen atoms in total. The van der Waals surface area contributed by atoms with Gasteiger partial charge in [0.2, 0.25) is 11.7 Å². The number of benzene rings is 3. The molecule has 1 saturated heterocycles. The molecule has 6 N–H and O–H groups in total. The molecule has 1 aliphatic heterocycles. The minimum Gasteiger partial charge on any atom is -0.507 e. The van der Waals surface area contributed by atoms with Crippen LogP contribution in [0.1, 0.15) is 40.2 Å². The Morgan fingerprint density at radius 2 is 1.54 bits per heavy atom. The number of hydrogen-bond acceptors (Lipinski definition) is 7. The van der Waals surface area contributed by atoms with Crippen LogP contribution in [0.25, 0.3) is 0 Å². The normalized spacial score (nSPS) is 13.3. The van der Waals surface area contributed by atoms with Gasteiger partial charge in [-0.05, 0) is 42.0 Å². The number of carbonyl (C=O) groups excluding carboxylic acids is 2. The number of ether oxygens (including phenoxy) is 1. The molecule has 41 heavy (non-hydrogen) atoms. The first-order chi connectivity index (χ1) is 19.5. The van der Waals surface area contributed by atoms with Gasteiger partial charge in [-0.1, -0.05) is 24.3 Å². The van der Waals surface area contributed by atoms with Crippen LogP contribution in [0.3, 0.4) is 0 Å². The Labute approximate surface area is 237 Å². The highest BCUT2D eigenvalue weighted by atomic mass is 32.1. The van der Waals surface area contributed by atoms with E-state index >= 15 is 0 Å². The van der Waals surface area contributed by atoms with Crippen LogP contribution < -0.4 is 16.5 Å². The summed E-state index contributed by atoms with van der Waals surface area (Å²) >= 11 is 3.10. The first-order valence-electron chi connectivity index (χ1n) is 12.2. The van der Waals surface area contributed by atoms with Gasteiger partial charge in [-0.25, -0.2) is 26.7 Å². The van der Waals surface area contributed by atoms with Gasteiger partial charge in [0.25, 0.3) is 0 Å². The molecule has 1 amide bonds. The largest absolute Gasteiger partial charge is 0.507 e. The quantitative estimate of drug-likeness (QED) is 0.112. The van der Waals surface area contributed by atoms with Crippen LogP contribution in [-0.4, -0.2) is 36.7 Å². The van der Waals surface area contributed by atoms with Crippen LogP contribution in [0.2, 0.25) is 0 Å². The number of nitrogens with two attached hydrogens (primary N) is 1. The lowest BCUT2D eigenvalue weighted by molar-refractivity contribution is -0.653. The predicted octanol–water partition coefficient (Wildman–Crippen LogP) is 3.76. The van der Waals surface area contributed by atoms with E-state index in [9.17, 15) is 36.6 Å². The third kappa shape index (κ3) is 7.52. The number of thiol groups is 1. The second-order valence-corrected chi connectivity index (χ2v) is 9.31. The lowest BCUT2D eigenvalue weighted by Crippen LogP contribution is -2.51. The molecule has 0 aliphatic carbocycles. The Morgan fingerprint density at radius 1 is 0.976 bits per heavy atom. The van der Waals surface area contributed by atoms with Crippen molar-refractivity contribution in [3.8, 4) is 5.75 Å². The molecule has 0 unspecified atom stereocenters. The molecule has 0 atom stereocenters. The van der Waals surface area contributed by atoms with Crippen LogP contribution >= 0.6 is 12.6 Å². The molecule has 1 aliphatic rings. The lowest BCUT2D eigenvalue weighted by Gasteiger charge is -2.24. The zero-order valence-corrected chi connectivity index (χ0v) is 22.4. The number of phenolic OH excluding ortho intramolecular Hbond substituents is 1. The van der Waals surface area contributed by atoms with E-state index in [-0.39, 0.29) is 23.8 Å². The van der Waals surface area contributed by atoms with Gasteiger partial charge in [-0.3, -0.25) is 9.63 Å². The van der Waals surface area contributed by atoms with Crippen LogP contribution in [0, 0.1) is 29.1 Å². The highest BCUT2D eigenvalue weighted by molar-refractivity contribution is 7.80. The van der Waals surface area contributed by atoms with Crippen molar-refractivity contribution in [1.29, 1.82) is 0 Å². The fourth-order valence-corrected chi connectivity index (χ4v) is 4.27. The van der Waals surface area contributed by atoms with E-state index < -0.39 is 40.0 Å². The summed E-state index contributed by atoms with van der Waals surface area (Å²) in [5, 5.41) is 10.1. The average molecular weight is 601 g/mol. The SMILES string of the molecule is Fc1c(F)c(F)c(S)c(F)c1F.NCC(=O)N(Cc1ccc(C2CCOCC2)cc1)c1ccc(C(=O)O[NH3+])c(O)c1. The van der Waals surface area contributed by atoms with Crippen molar-refractivity contribution in [2.24, 2.45) is 5.73 Å². The van der Waals surface area contributed by atoms with Gasteiger partial charge in [0.1, 0.15) is 11.3 Å². The number of amides is 1. The van der Waals surface area contributed by atoms with Crippen molar-refractivity contribution in [3.05, 3.63) is 88.2 Å². The number of phenols is 1. The number of halogens is 5. The van der Waals surface area contributed by atoms with E-state index in [0.717, 1.165) is 31.6 Å². The van der Waals surface area contributed by atoms with E-state index in [1.54, 1.807) is 6.07 Å². The standard InChI is InChI=1S/C21H25N3O5.C6HF5S/c22-12-20(26)24(17-5-6-18(19(25)11-17)21(27)29-23)13-14-1-3-15(4-2-14)16-7-9-28-10-8-16;7-1-2(8)4(10)6(12)5(11)3(1)9/h1-6,11,16H,7-10,12-13,22H2,23H3;12H/p+1. The number of aromatic hydroxyl groups is 1. The van der Waals surface area contributed by atoms with Gasteiger partial charge < -0.3 is 20.5 Å². The second-order valence-electron chi connectivity index (χ2n) is 8.86. The highest BCUT2D eigenvalue weighted by Crippen LogP contribution is 2.29. The van der Waals surface area contributed by atoms with E-state index in [4.69, 9.17) is 10.5 Å². The van der Waals surface area contributed by atoms with Crippen LogP contribution in [0.15, 0.2) is 47.4 Å². The molecular weight excluding hydrogens is 573 g/mol. The third-order valence-electron chi connectivity index (χ3n) is 6.32. The summed E-state index contributed by atoms with van der Waals surface area (Å²) in [6.45, 7) is 1.69. The Balaban J connectivity index is 0.000000322. The Hall–Kier alpha value is -3.72. The van der Waals surface area contributed by atoms with Crippen molar-refractivity contribution in [3.63, 3.8) is 0 Å². The number of quaternary nitrogens is 1. The zero-order chi connectivity index (χ0) is 30.3. The Morgan fingerprint density at radius 3 is 2.05 bits per heavy atom. The maximum absolute atomic E-state index is 12.4. The van der Waals surface area contributed by atoms with Crippen LogP contribution in [0.5, 0.6) is 5.75 Å². The summed E-state index contributed by atoms with van der Waals surface area (Å²) in [6.07, 6.45) is 2.02. The third-order valence-corrected chi connectivity index (χ3v) is 6.71. The van der Waals surface area contributed by atoms with E-state index in [2.05, 4.69) is 35.5 Å². The maximum atomic E-state index is 12.4. The van der Waals surface area contributed by atoms with Gasteiger partial charge in [0, 0.05) is 25.0 Å². The number of anilines is 1. The van der Waals surface area contributed by atoms with Crippen LogP contribution in [-0.2, 0) is 20.9 Å². The summed E-state index contributed by atoms with van der Waals surface area (Å²) in [6, 6.07) is 12.5. The number of hydrogen-bond donors (Lipinski definition) is 4. The summed E-state index contributed by atoms with van der Waals surface area (Å²) in [7, 11) is 0. The smallest absolute Gasteiger partial charge is 0.400 e. The lowest BCUT2D eigenvalue weighted by atomic mass is 9.91. The van der Waals surface area contributed by atoms with Crippen molar-refractivity contribution in [2.75, 3.05) is 24.7 Å². The highest BCUT2D eigenvalue weighted by Gasteiger charge is 2.24. The molecule has 0 aromatic heterocycles. The van der Waals surface area contributed by atoms with E-state index in [1.807, 2.05) is 12.1 Å². The van der Waals surface area contributed by atoms with E-state index in [0.29, 0.717) is 18.2 Å². The van der Waals surface area contributed by atoms with E-state index in [1.165, 1.54) is 22.6 Å². The Bertz CT molecular complexity index is 1300.